The van der Waals surface area contributed by atoms with E-state index >= 15 is 0 Å². The summed E-state index contributed by atoms with van der Waals surface area (Å²) < 4.78 is 8.12. The van der Waals surface area contributed by atoms with Gasteiger partial charge in [0.15, 0.2) is 0 Å². The molecule has 2 N–H and O–H groups in total. The van der Waals surface area contributed by atoms with Crippen LogP contribution in [0, 0.1) is 0 Å². The third-order valence-electron chi connectivity index (χ3n) is 4.50. The van der Waals surface area contributed by atoms with Crippen LogP contribution in [0.5, 0.6) is 0 Å². The molecule has 27 heavy (non-hydrogen) atoms. The van der Waals surface area contributed by atoms with Crippen molar-refractivity contribution >= 4 is 60.0 Å². The number of H-pyrrole nitrogens is 1. The molecule has 1 saturated heterocycles. The molecule has 1 aliphatic heterocycles. The number of carbonyl (C=O) groups excluding carboxylic acids is 2. The minimum absolute atomic E-state index is 0.0766. The molecule has 0 aliphatic carbocycles. The molecule has 10 heteroatoms. The summed E-state index contributed by atoms with van der Waals surface area (Å²) in [6.45, 7) is 0.581. The number of ether oxygens (including phenoxy) is 1. The number of carbonyl (C=O) groups is 2. The van der Waals surface area contributed by atoms with Crippen LogP contribution in [-0.4, -0.2) is 47.1 Å². The van der Waals surface area contributed by atoms with E-state index in [0.29, 0.717) is 6.54 Å². The maximum atomic E-state index is 12.5. The zero-order valence-electron chi connectivity index (χ0n) is 14.5. The summed E-state index contributed by atoms with van der Waals surface area (Å²) in [5.41, 5.74) is 0.960. The summed E-state index contributed by atoms with van der Waals surface area (Å²) in [5, 5.41) is 2.44. The summed E-state index contributed by atoms with van der Waals surface area (Å²) in [6, 6.07) is 4.18. The van der Waals surface area contributed by atoms with Crippen molar-refractivity contribution in [1.29, 1.82) is 0 Å². The molecule has 7 nitrogen and oxygen atoms in total. The first-order valence-electron chi connectivity index (χ1n) is 8.40. The van der Waals surface area contributed by atoms with E-state index in [-0.39, 0.29) is 18.5 Å². The molecule has 0 aromatic carbocycles. The van der Waals surface area contributed by atoms with Crippen molar-refractivity contribution in [1.82, 2.24) is 20.2 Å². The van der Waals surface area contributed by atoms with Gasteiger partial charge in [-0.05, 0) is 40.9 Å². The predicted octanol–water partition coefficient (Wildman–Crippen LogP) is 4.13. The maximum absolute atomic E-state index is 12.5. The number of likely N-dealkylation sites (tertiary alicyclic amines) is 1. The highest BCUT2D eigenvalue weighted by Gasteiger charge is 2.32. The monoisotopic (exact) mass is 468 g/mol. The van der Waals surface area contributed by atoms with Crippen LogP contribution >= 0.6 is 38.6 Å². The molecule has 0 saturated carbocycles. The fraction of sp³-hybridized carbons (Fsp3) is 0.353. The fourth-order valence-corrected chi connectivity index (χ4v) is 6.23. The van der Waals surface area contributed by atoms with Gasteiger partial charge in [0, 0.05) is 15.9 Å². The van der Waals surface area contributed by atoms with Crippen molar-refractivity contribution in [2.24, 2.45) is 0 Å². The lowest BCUT2D eigenvalue weighted by atomic mass is 10.2. The van der Waals surface area contributed by atoms with Crippen LogP contribution in [0.2, 0.25) is 0 Å². The van der Waals surface area contributed by atoms with Gasteiger partial charge in [0.05, 0.1) is 33.7 Å². The summed E-state index contributed by atoms with van der Waals surface area (Å²) in [7, 11) is 1.27. The van der Waals surface area contributed by atoms with Crippen LogP contribution in [-0.2, 0) is 9.53 Å². The van der Waals surface area contributed by atoms with E-state index in [2.05, 4.69) is 48.1 Å². The molecule has 142 valence electrons. The van der Waals surface area contributed by atoms with Gasteiger partial charge in [-0.1, -0.05) is 0 Å². The van der Waals surface area contributed by atoms with E-state index < -0.39 is 6.09 Å². The lowest BCUT2D eigenvalue weighted by Crippen LogP contribution is -2.40. The average Bonchev–Trinajstić information content (AvgIpc) is 3.40. The first-order chi connectivity index (χ1) is 13.0. The molecule has 1 fully saturated rings. The molecular weight excluding hydrogens is 452 g/mol. The highest BCUT2D eigenvalue weighted by Crippen LogP contribution is 2.40. The minimum atomic E-state index is -0.608. The number of hydrogen-bond acceptors (Lipinski definition) is 6. The van der Waals surface area contributed by atoms with Gasteiger partial charge in [-0.15, -0.1) is 22.7 Å². The molecule has 3 aromatic rings. The SMILES string of the molecule is COC(=O)NCC(=O)N1CCC[C@H]1c1ncc(-c2cc3sc(Br)cc3s2)[nH]1. The quantitative estimate of drug-likeness (QED) is 0.602. The highest BCUT2D eigenvalue weighted by molar-refractivity contribution is 9.11. The molecule has 4 rings (SSSR count). The first kappa shape index (κ1) is 18.5. The van der Waals surface area contributed by atoms with Gasteiger partial charge >= 0.3 is 6.09 Å². The third-order valence-corrected chi connectivity index (χ3v) is 7.33. The number of alkyl carbamates (subject to hydrolysis) is 1. The Labute approximate surface area is 171 Å². The Bertz CT molecular complexity index is 964. The standard InChI is InChI=1S/C17H17BrN4O3S2/c1-25-17(24)20-8-15(23)22-4-2-3-10(22)16-19-7-9(21-16)11-5-12-13(26-11)6-14(18)27-12/h5-7,10H,2-4,8H2,1H3,(H,19,21)(H,20,24)/t10-/m0/s1. The molecule has 2 amide bonds. The normalized spacial score (nSPS) is 16.8. The number of aromatic nitrogens is 2. The van der Waals surface area contributed by atoms with E-state index in [1.54, 1.807) is 27.6 Å². The predicted molar refractivity (Wildman–Crippen MR) is 109 cm³/mol. The van der Waals surface area contributed by atoms with Crippen molar-refractivity contribution in [3.8, 4) is 10.6 Å². The molecule has 0 spiro atoms. The Hall–Kier alpha value is -1.91. The van der Waals surface area contributed by atoms with Crippen molar-refractivity contribution in [3.63, 3.8) is 0 Å². The number of hydrogen-bond donors (Lipinski definition) is 2. The topological polar surface area (TPSA) is 87.3 Å². The van der Waals surface area contributed by atoms with E-state index in [4.69, 9.17) is 0 Å². The maximum Gasteiger partial charge on any atom is 0.407 e. The molecule has 0 radical (unpaired) electrons. The number of nitrogens with zero attached hydrogens (tertiary/aromatic N) is 2. The van der Waals surface area contributed by atoms with E-state index in [9.17, 15) is 9.59 Å². The van der Waals surface area contributed by atoms with Gasteiger partial charge in [-0.2, -0.15) is 0 Å². The van der Waals surface area contributed by atoms with Gasteiger partial charge in [-0.25, -0.2) is 9.78 Å². The van der Waals surface area contributed by atoms with Gasteiger partial charge in [-0.3, -0.25) is 4.79 Å². The van der Waals surface area contributed by atoms with Crippen LogP contribution in [0.1, 0.15) is 24.7 Å². The van der Waals surface area contributed by atoms with E-state index in [1.165, 1.54) is 16.5 Å². The zero-order valence-corrected chi connectivity index (χ0v) is 17.7. The number of halogens is 1. The largest absolute Gasteiger partial charge is 0.453 e. The summed E-state index contributed by atoms with van der Waals surface area (Å²) in [6.07, 6.45) is 2.98. The number of aromatic amines is 1. The second-order valence-electron chi connectivity index (χ2n) is 6.16. The number of methoxy groups -OCH3 is 1. The molecule has 4 heterocycles. The summed E-state index contributed by atoms with van der Waals surface area (Å²) >= 11 is 6.94. The number of imidazole rings is 1. The smallest absolute Gasteiger partial charge is 0.407 e. The van der Waals surface area contributed by atoms with Crippen molar-refractivity contribution in [3.05, 3.63) is 27.9 Å². The van der Waals surface area contributed by atoms with Crippen LogP contribution in [0.4, 0.5) is 4.79 Å². The van der Waals surface area contributed by atoms with Crippen molar-refractivity contribution in [2.45, 2.75) is 18.9 Å². The average molecular weight is 469 g/mol. The van der Waals surface area contributed by atoms with Crippen LogP contribution in [0.3, 0.4) is 0 Å². The Morgan fingerprint density at radius 3 is 3.00 bits per heavy atom. The second kappa shape index (κ2) is 7.61. The van der Waals surface area contributed by atoms with Gasteiger partial charge < -0.3 is 19.9 Å². The molecule has 0 bridgehead atoms. The molecule has 0 unspecified atom stereocenters. The lowest BCUT2D eigenvalue weighted by molar-refractivity contribution is -0.131. The number of amides is 2. The summed E-state index contributed by atoms with van der Waals surface area (Å²) in [5.74, 6) is 0.647. The molecule has 1 aliphatic rings. The number of rotatable bonds is 4. The minimum Gasteiger partial charge on any atom is -0.453 e. The first-order valence-corrected chi connectivity index (χ1v) is 10.8. The Balaban J connectivity index is 1.50. The molecular formula is C17H17BrN4O3S2. The second-order valence-corrected chi connectivity index (χ2v) is 9.71. The van der Waals surface area contributed by atoms with Crippen molar-refractivity contribution < 1.29 is 14.3 Å². The number of fused-ring (bicyclic) bond motifs is 1. The van der Waals surface area contributed by atoms with Gasteiger partial charge in [0.25, 0.3) is 0 Å². The van der Waals surface area contributed by atoms with E-state index in [0.717, 1.165) is 33.0 Å². The third kappa shape index (κ3) is 3.74. The van der Waals surface area contributed by atoms with Gasteiger partial charge in [0.1, 0.15) is 12.4 Å². The molecule has 3 aromatic heterocycles. The van der Waals surface area contributed by atoms with Crippen LogP contribution < -0.4 is 5.32 Å². The zero-order chi connectivity index (χ0) is 19.0. The molecule has 1 atom stereocenters. The Kier molecular flexibility index (Phi) is 5.20. The van der Waals surface area contributed by atoms with Gasteiger partial charge in [0.2, 0.25) is 5.91 Å². The van der Waals surface area contributed by atoms with E-state index in [1.807, 2.05) is 6.20 Å². The Morgan fingerprint density at radius 1 is 1.41 bits per heavy atom. The van der Waals surface area contributed by atoms with Crippen LogP contribution in [0.15, 0.2) is 22.1 Å². The number of nitrogens with one attached hydrogen (secondary N) is 2. The lowest BCUT2D eigenvalue weighted by Gasteiger charge is -2.23. The van der Waals surface area contributed by atoms with Crippen molar-refractivity contribution in [2.75, 3.05) is 20.2 Å². The Morgan fingerprint density at radius 2 is 2.22 bits per heavy atom. The highest BCUT2D eigenvalue weighted by atomic mass is 79.9. The fourth-order valence-electron chi connectivity index (χ4n) is 3.24. The van der Waals surface area contributed by atoms with Crippen LogP contribution in [0.25, 0.3) is 20.0 Å². The summed E-state index contributed by atoms with van der Waals surface area (Å²) in [4.78, 5) is 34.5. The number of thiophene rings is 2.